The highest BCUT2D eigenvalue weighted by molar-refractivity contribution is 4.86. The zero-order valence-electron chi connectivity index (χ0n) is 9.82. The molecule has 2 fully saturated rings. The highest BCUT2D eigenvalue weighted by Crippen LogP contribution is 2.35. The molecule has 1 heterocycles. The zero-order valence-corrected chi connectivity index (χ0v) is 9.82. The second-order valence-electron chi connectivity index (χ2n) is 5.20. The van der Waals surface area contributed by atoms with Crippen LogP contribution in [-0.2, 0) is 4.74 Å². The van der Waals surface area contributed by atoms with Crippen LogP contribution in [0.15, 0.2) is 0 Å². The summed E-state index contributed by atoms with van der Waals surface area (Å²) in [6.45, 7) is 2.16. The van der Waals surface area contributed by atoms with Gasteiger partial charge in [0.15, 0.2) is 0 Å². The van der Waals surface area contributed by atoms with Gasteiger partial charge in [0.05, 0.1) is 18.3 Å². The third-order valence-electron chi connectivity index (χ3n) is 4.00. The van der Waals surface area contributed by atoms with Crippen LogP contribution in [0.1, 0.15) is 58.3 Å². The molecule has 3 atom stereocenters. The minimum Gasteiger partial charge on any atom is -0.390 e. The maximum atomic E-state index is 9.90. The Labute approximate surface area is 93.0 Å². The van der Waals surface area contributed by atoms with Crippen LogP contribution < -0.4 is 0 Å². The summed E-state index contributed by atoms with van der Waals surface area (Å²) in [6, 6.07) is 0. The molecule has 0 aromatic carbocycles. The molecule has 3 unspecified atom stereocenters. The van der Waals surface area contributed by atoms with Gasteiger partial charge in [0, 0.05) is 6.42 Å². The molecule has 1 saturated heterocycles. The Morgan fingerprint density at radius 1 is 1.20 bits per heavy atom. The van der Waals surface area contributed by atoms with Crippen molar-refractivity contribution in [1.29, 1.82) is 0 Å². The monoisotopic (exact) mass is 212 g/mol. The molecule has 0 amide bonds. The van der Waals surface area contributed by atoms with Crippen molar-refractivity contribution in [2.24, 2.45) is 5.92 Å². The minimum absolute atomic E-state index is 0.127. The van der Waals surface area contributed by atoms with Gasteiger partial charge < -0.3 is 9.84 Å². The number of aliphatic hydroxyl groups excluding tert-OH is 1. The van der Waals surface area contributed by atoms with Gasteiger partial charge in [0.25, 0.3) is 0 Å². The molecule has 0 bridgehead atoms. The number of hydrogen-bond acceptors (Lipinski definition) is 2. The van der Waals surface area contributed by atoms with Gasteiger partial charge in [-0.05, 0) is 25.2 Å². The van der Waals surface area contributed by atoms with E-state index in [1.165, 1.54) is 32.1 Å². The first-order valence-electron chi connectivity index (χ1n) is 6.64. The SMILES string of the molecule is CCCC1OC(C2CCCCC2)CC1O. The van der Waals surface area contributed by atoms with Gasteiger partial charge in [-0.3, -0.25) is 0 Å². The van der Waals surface area contributed by atoms with E-state index >= 15 is 0 Å². The Morgan fingerprint density at radius 2 is 1.93 bits per heavy atom. The van der Waals surface area contributed by atoms with Gasteiger partial charge >= 0.3 is 0 Å². The summed E-state index contributed by atoms with van der Waals surface area (Å²) in [7, 11) is 0. The lowest BCUT2D eigenvalue weighted by molar-refractivity contribution is -0.0219. The molecular formula is C13H24O2. The topological polar surface area (TPSA) is 29.5 Å². The number of rotatable bonds is 3. The van der Waals surface area contributed by atoms with Crippen LogP contribution in [-0.4, -0.2) is 23.4 Å². The highest BCUT2D eigenvalue weighted by atomic mass is 16.5. The van der Waals surface area contributed by atoms with Crippen molar-refractivity contribution in [3.8, 4) is 0 Å². The van der Waals surface area contributed by atoms with Crippen molar-refractivity contribution in [2.45, 2.75) is 76.6 Å². The van der Waals surface area contributed by atoms with E-state index in [1.807, 2.05) is 0 Å². The largest absolute Gasteiger partial charge is 0.390 e. The molecule has 2 heteroatoms. The lowest BCUT2D eigenvalue weighted by Crippen LogP contribution is -2.23. The van der Waals surface area contributed by atoms with E-state index in [4.69, 9.17) is 4.74 Å². The summed E-state index contributed by atoms with van der Waals surface area (Å²) < 4.78 is 6.00. The van der Waals surface area contributed by atoms with Gasteiger partial charge in [0.2, 0.25) is 0 Å². The Kier molecular flexibility index (Phi) is 4.04. The number of aliphatic hydroxyl groups is 1. The molecule has 1 N–H and O–H groups in total. The van der Waals surface area contributed by atoms with Gasteiger partial charge in [-0.2, -0.15) is 0 Å². The predicted molar refractivity (Wildman–Crippen MR) is 60.8 cm³/mol. The van der Waals surface area contributed by atoms with E-state index in [0.29, 0.717) is 6.10 Å². The maximum Gasteiger partial charge on any atom is 0.0838 e. The molecule has 2 aliphatic rings. The smallest absolute Gasteiger partial charge is 0.0838 e. The second kappa shape index (κ2) is 5.31. The molecule has 0 spiro atoms. The molecule has 15 heavy (non-hydrogen) atoms. The molecular weight excluding hydrogens is 188 g/mol. The third kappa shape index (κ3) is 2.73. The van der Waals surface area contributed by atoms with Gasteiger partial charge in [-0.25, -0.2) is 0 Å². The fourth-order valence-electron chi connectivity index (χ4n) is 3.12. The van der Waals surface area contributed by atoms with E-state index in [0.717, 1.165) is 25.2 Å². The average molecular weight is 212 g/mol. The quantitative estimate of drug-likeness (QED) is 0.779. The molecule has 1 aliphatic carbocycles. The van der Waals surface area contributed by atoms with Crippen LogP contribution in [0.2, 0.25) is 0 Å². The summed E-state index contributed by atoms with van der Waals surface area (Å²) in [5.41, 5.74) is 0. The first-order valence-corrected chi connectivity index (χ1v) is 6.64. The summed E-state index contributed by atoms with van der Waals surface area (Å²) in [5, 5.41) is 9.90. The van der Waals surface area contributed by atoms with Crippen molar-refractivity contribution in [2.75, 3.05) is 0 Å². The second-order valence-corrected chi connectivity index (χ2v) is 5.20. The maximum absolute atomic E-state index is 9.90. The third-order valence-corrected chi connectivity index (χ3v) is 4.00. The lowest BCUT2D eigenvalue weighted by Gasteiger charge is -2.27. The van der Waals surface area contributed by atoms with Crippen molar-refractivity contribution >= 4 is 0 Å². The summed E-state index contributed by atoms with van der Waals surface area (Å²) in [4.78, 5) is 0. The number of ether oxygens (including phenoxy) is 1. The summed E-state index contributed by atoms with van der Waals surface area (Å²) in [5.74, 6) is 0.732. The standard InChI is InChI=1S/C13H24O2/c1-2-6-12-11(14)9-13(15-12)10-7-4-3-5-8-10/h10-14H,2-9H2,1H3. The Balaban J connectivity index is 1.84. The number of hydrogen-bond donors (Lipinski definition) is 1. The highest BCUT2D eigenvalue weighted by Gasteiger charge is 2.37. The Morgan fingerprint density at radius 3 is 2.60 bits per heavy atom. The summed E-state index contributed by atoms with van der Waals surface area (Å²) >= 11 is 0. The molecule has 2 rings (SSSR count). The molecule has 0 aromatic rings. The van der Waals surface area contributed by atoms with Gasteiger partial charge in [-0.1, -0.05) is 32.6 Å². The first kappa shape index (κ1) is 11.4. The van der Waals surface area contributed by atoms with Crippen molar-refractivity contribution < 1.29 is 9.84 Å². The Hall–Kier alpha value is -0.0800. The fourth-order valence-corrected chi connectivity index (χ4v) is 3.12. The van der Waals surface area contributed by atoms with Crippen molar-refractivity contribution in [3.05, 3.63) is 0 Å². The fraction of sp³-hybridized carbons (Fsp3) is 1.00. The van der Waals surface area contributed by atoms with E-state index in [-0.39, 0.29) is 12.2 Å². The minimum atomic E-state index is -0.197. The molecule has 1 saturated carbocycles. The van der Waals surface area contributed by atoms with E-state index in [9.17, 15) is 5.11 Å². The zero-order chi connectivity index (χ0) is 10.7. The van der Waals surface area contributed by atoms with Crippen LogP contribution in [0.25, 0.3) is 0 Å². The normalized spacial score (nSPS) is 38.4. The van der Waals surface area contributed by atoms with E-state index in [1.54, 1.807) is 0 Å². The van der Waals surface area contributed by atoms with Crippen LogP contribution in [0.5, 0.6) is 0 Å². The van der Waals surface area contributed by atoms with E-state index in [2.05, 4.69) is 6.92 Å². The van der Waals surface area contributed by atoms with E-state index < -0.39 is 0 Å². The Bertz CT molecular complexity index is 187. The van der Waals surface area contributed by atoms with Crippen LogP contribution >= 0.6 is 0 Å². The van der Waals surface area contributed by atoms with Crippen LogP contribution in [0.4, 0.5) is 0 Å². The molecule has 0 radical (unpaired) electrons. The van der Waals surface area contributed by atoms with Gasteiger partial charge in [0.1, 0.15) is 0 Å². The van der Waals surface area contributed by atoms with Crippen LogP contribution in [0, 0.1) is 5.92 Å². The molecule has 2 nitrogen and oxygen atoms in total. The average Bonchev–Trinajstić information content (AvgIpc) is 2.63. The molecule has 0 aromatic heterocycles. The first-order chi connectivity index (χ1) is 7.31. The molecule has 88 valence electrons. The predicted octanol–water partition coefficient (Wildman–Crippen LogP) is 2.89. The van der Waals surface area contributed by atoms with Gasteiger partial charge in [-0.15, -0.1) is 0 Å². The molecule has 1 aliphatic heterocycles. The van der Waals surface area contributed by atoms with Crippen LogP contribution in [0.3, 0.4) is 0 Å². The van der Waals surface area contributed by atoms with Crippen molar-refractivity contribution in [3.63, 3.8) is 0 Å². The lowest BCUT2D eigenvalue weighted by atomic mass is 9.84. The van der Waals surface area contributed by atoms with Crippen molar-refractivity contribution in [1.82, 2.24) is 0 Å². The summed E-state index contributed by atoms with van der Waals surface area (Å²) in [6.07, 6.45) is 10.0.